The van der Waals surface area contributed by atoms with Gasteiger partial charge in [0.15, 0.2) is 0 Å². The number of nitrogens with one attached hydrogen (secondary N) is 1. The van der Waals surface area contributed by atoms with Crippen molar-refractivity contribution in [3.8, 4) is 0 Å². The third-order valence-corrected chi connectivity index (χ3v) is 3.45. The van der Waals surface area contributed by atoms with Crippen molar-refractivity contribution in [1.82, 2.24) is 10.2 Å². The molecule has 1 unspecified atom stereocenters. The standard InChI is InChI=1S/C15H24N2O/c1-11-6-7-12(2)14(10-11)13(3)17(5)15(18)8-9-16-4/h6-7,10,13,16H,8-9H2,1-5H3. The summed E-state index contributed by atoms with van der Waals surface area (Å²) < 4.78 is 0. The Labute approximate surface area is 110 Å². The lowest BCUT2D eigenvalue weighted by atomic mass is 9.99. The van der Waals surface area contributed by atoms with Crippen LogP contribution in [0.5, 0.6) is 0 Å². The Morgan fingerprint density at radius 3 is 2.67 bits per heavy atom. The second-order valence-electron chi connectivity index (χ2n) is 4.89. The molecule has 0 fully saturated rings. The number of hydrogen-bond acceptors (Lipinski definition) is 2. The van der Waals surface area contributed by atoms with Crippen LogP contribution in [-0.4, -0.2) is 31.4 Å². The van der Waals surface area contributed by atoms with E-state index in [-0.39, 0.29) is 11.9 Å². The van der Waals surface area contributed by atoms with Crippen LogP contribution in [0.4, 0.5) is 0 Å². The number of aryl methyl sites for hydroxylation is 2. The molecule has 0 saturated carbocycles. The Bertz CT molecular complexity index is 415. The Morgan fingerprint density at radius 1 is 1.39 bits per heavy atom. The van der Waals surface area contributed by atoms with Gasteiger partial charge in [0.25, 0.3) is 0 Å². The topological polar surface area (TPSA) is 32.3 Å². The number of nitrogens with zero attached hydrogens (tertiary/aromatic N) is 1. The number of carbonyl (C=O) groups excluding carboxylic acids is 1. The van der Waals surface area contributed by atoms with Crippen LogP contribution in [0, 0.1) is 13.8 Å². The molecule has 3 nitrogen and oxygen atoms in total. The van der Waals surface area contributed by atoms with Crippen LogP contribution < -0.4 is 5.32 Å². The van der Waals surface area contributed by atoms with Crippen LogP contribution in [0.3, 0.4) is 0 Å². The molecule has 0 aromatic heterocycles. The van der Waals surface area contributed by atoms with Crippen LogP contribution in [-0.2, 0) is 4.79 Å². The van der Waals surface area contributed by atoms with Crippen molar-refractivity contribution < 1.29 is 4.79 Å². The molecule has 0 aliphatic rings. The lowest BCUT2D eigenvalue weighted by Crippen LogP contribution is -2.31. The molecule has 1 N–H and O–H groups in total. The second kappa shape index (κ2) is 6.55. The fourth-order valence-electron chi connectivity index (χ4n) is 2.04. The maximum Gasteiger partial charge on any atom is 0.224 e. The van der Waals surface area contributed by atoms with Crippen molar-refractivity contribution in [1.29, 1.82) is 0 Å². The van der Waals surface area contributed by atoms with Crippen LogP contribution in [0.1, 0.15) is 36.1 Å². The van der Waals surface area contributed by atoms with E-state index in [0.29, 0.717) is 6.42 Å². The van der Waals surface area contributed by atoms with E-state index in [1.165, 1.54) is 16.7 Å². The van der Waals surface area contributed by atoms with Crippen molar-refractivity contribution in [2.24, 2.45) is 0 Å². The first-order valence-corrected chi connectivity index (χ1v) is 6.44. The van der Waals surface area contributed by atoms with Gasteiger partial charge >= 0.3 is 0 Å². The van der Waals surface area contributed by atoms with Gasteiger partial charge in [-0.25, -0.2) is 0 Å². The molecule has 0 radical (unpaired) electrons. The Morgan fingerprint density at radius 2 is 2.06 bits per heavy atom. The zero-order valence-corrected chi connectivity index (χ0v) is 12.1. The van der Waals surface area contributed by atoms with Gasteiger partial charge in [0.1, 0.15) is 0 Å². The van der Waals surface area contributed by atoms with Gasteiger partial charge in [0.05, 0.1) is 6.04 Å². The monoisotopic (exact) mass is 248 g/mol. The van der Waals surface area contributed by atoms with Crippen LogP contribution in [0.15, 0.2) is 18.2 Å². The van der Waals surface area contributed by atoms with Gasteiger partial charge in [-0.15, -0.1) is 0 Å². The SMILES string of the molecule is CNCCC(=O)N(C)C(C)c1cc(C)ccc1C. The van der Waals surface area contributed by atoms with Gasteiger partial charge in [-0.05, 0) is 38.9 Å². The highest BCUT2D eigenvalue weighted by atomic mass is 16.2. The summed E-state index contributed by atoms with van der Waals surface area (Å²) in [5.41, 5.74) is 3.70. The molecular formula is C15H24N2O. The predicted octanol–water partition coefficient (Wildman–Crippen LogP) is 2.43. The smallest absolute Gasteiger partial charge is 0.224 e. The summed E-state index contributed by atoms with van der Waals surface area (Å²) in [5.74, 6) is 0.178. The van der Waals surface area contributed by atoms with Gasteiger partial charge in [-0.2, -0.15) is 0 Å². The number of carbonyl (C=O) groups is 1. The molecule has 18 heavy (non-hydrogen) atoms. The molecule has 3 heteroatoms. The van der Waals surface area contributed by atoms with Gasteiger partial charge in [-0.3, -0.25) is 4.79 Å². The van der Waals surface area contributed by atoms with E-state index in [9.17, 15) is 4.79 Å². The fraction of sp³-hybridized carbons (Fsp3) is 0.533. The summed E-state index contributed by atoms with van der Waals surface area (Å²) in [6, 6.07) is 6.51. The van der Waals surface area contributed by atoms with Gasteiger partial charge in [0, 0.05) is 20.0 Å². The van der Waals surface area contributed by atoms with Gasteiger partial charge < -0.3 is 10.2 Å². The quantitative estimate of drug-likeness (QED) is 0.868. The minimum atomic E-state index is 0.120. The number of amides is 1. The Kier molecular flexibility index (Phi) is 5.35. The lowest BCUT2D eigenvalue weighted by molar-refractivity contribution is -0.131. The van der Waals surface area contributed by atoms with Gasteiger partial charge in [-0.1, -0.05) is 23.8 Å². The number of benzene rings is 1. The lowest BCUT2D eigenvalue weighted by Gasteiger charge is -2.27. The summed E-state index contributed by atoms with van der Waals surface area (Å²) in [7, 11) is 3.74. The van der Waals surface area contributed by atoms with Crippen molar-refractivity contribution >= 4 is 5.91 Å². The zero-order chi connectivity index (χ0) is 13.7. The fourth-order valence-corrected chi connectivity index (χ4v) is 2.04. The van der Waals surface area contributed by atoms with E-state index in [1.54, 1.807) is 0 Å². The summed E-state index contributed by atoms with van der Waals surface area (Å²) in [6.45, 7) is 6.98. The summed E-state index contributed by atoms with van der Waals surface area (Å²) in [4.78, 5) is 13.8. The van der Waals surface area contributed by atoms with Crippen LogP contribution >= 0.6 is 0 Å². The molecule has 0 aliphatic carbocycles. The Balaban J connectivity index is 2.82. The van der Waals surface area contributed by atoms with E-state index in [2.05, 4.69) is 44.3 Å². The minimum Gasteiger partial charge on any atom is -0.339 e. The summed E-state index contributed by atoms with van der Waals surface area (Å²) in [5, 5.41) is 3.01. The van der Waals surface area contributed by atoms with E-state index >= 15 is 0 Å². The van der Waals surface area contributed by atoms with Crippen molar-refractivity contribution in [2.45, 2.75) is 33.2 Å². The number of hydrogen-bond donors (Lipinski definition) is 1. The molecule has 0 heterocycles. The first kappa shape index (κ1) is 14.7. The van der Waals surface area contributed by atoms with E-state index in [0.717, 1.165) is 6.54 Å². The minimum absolute atomic E-state index is 0.120. The summed E-state index contributed by atoms with van der Waals surface area (Å²) in [6.07, 6.45) is 0.544. The first-order chi connectivity index (χ1) is 8.47. The first-order valence-electron chi connectivity index (χ1n) is 6.44. The molecule has 100 valence electrons. The van der Waals surface area contributed by atoms with E-state index < -0.39 is 0 Å². The molecule has 1 atom stereocenters. The molecular weight excluding hydrogens is 224 g/mol. The largest absolute Gasteiger partial charge is 0.339 e. The normalized spacial score (nSPS) is 12.3. The van der Waals surface area contributed by atoms with Gasteiger partial charge in [0.2, 0.25) is 5.91 Å². The highest BCUT2D eigenvalue weighted by Gasteiger charge is 2.18. The Hall–Kier alpha value is -1.35. The molecule has 0 aliphatic heterocycles. The average Bonchev–Trinajstić information content (AvgIpc) is 2.37. The molecule has 0 saturated heterocycles. The molecule has 1 aromatic rings. The molecule has 1 amide bonds. The molecule has 0 spiro atoms. The summed E-state index contributed by atoms with van der Waals surface area (Å²) >= 11 is 0. The van der Waals surface area contributed by atoms with E-state index in [1.807, 2.05) is 19.0 Å². The maximum absolute atomic E-state index is 12.0. The van der Waals surface area contributed by atoms with Crippen molar-refractivity contribution in [3.63, 3.8) is 0 Å². The van der Waals surface area contributed by atoms with Crippen LogP contribution in [0.2, 0.25) is 0 Å². The molecule has 1 aromatic carbocycles. The highest BCUT2D eigenvalue weighted by Crippen LogP contribution is 2.23. The maximum atomic E-state index is 12.0. The van der Waals surface area contributed by atoms with Crippen molar-refractivity contribution in [3.05, 3.63) is 34.9 Å². The third-order valence-electron chi connectivity index (χ3n) is 3.45. The van der Waals surface area contributed by atoms with Crippen molar-refractivity contribution in [2.75, 3.05) is 20.6 Å². The third kappa shape index (κ3) is 3.57. The number of rotatable bonds is 5. The second-order valence-corrected chi connectivity index (χ2v) is 4.89. The molecule has 0 bridgehead atoms. The predicted molar refractivity (Wildman–Crippen MR) is 75.6 cm³/mol. The van der Waals surface area contributed by atoms with E-state index in [4.69, 9.17) is 0 Å². The average molecular weight is 248 g/mol. The zero-order valence-electron chi connectivity index (χ0n) is 12.1. The molecule has 1 rings (SSSR count). The highest BCUT2D eigenvalue weighted by molar-refractivity contribution is 5.76. The van der Waals surface area contributed by atoms with Crippen LogP contribution in [0.25, 0.3) is 0 Å².